The number of carbonyl (C=O) groups excluding carboxylic acids is 1. The Kier molecular flexibility index (Phi) is 5.16. The van der Waals surface area contributed by atoms with Gasteiger partial charge in [-0.25, -0.2) is 4.79 Å². The lowest BCUT2D eigenvalue weighted by atomic mass is 10.5. The zero-order valence-corrected chi connectivity index (χ0v) is 7.07. The van der Waals surface area contributed by atoms with E-state index in [9.17, 15) is 4.79 Å². The van der Waals surface area contributed by atoms with Crippen molar-refractivity contribution in [1.29, 1.82) is 5.26 Å². The normalized spacial score (nSPS) is 9.58. The van der Waals surface area contributed by atoms with Crippen molar-refractivity contribution < 1.29 is 9.53 Å². The molecule has 0 amide bonds. The fourth-order valence-corrected chi connectivity index (χ4v) is 0.559. The largest absolute Gasteiger partial charge is 0.483 e. The first-order chi connectivity index (χ1) is 5.74. The van der Waals surface area contributed by atoms with Gasteiger partial charge < -0.3 is 9.64 Å². The molecular formula is C8H10N2O2. The summed E-state index contributed by atoms with van der Waals surface area (Å²) in [6.07, 6.45) is 2.57. The minimum Gasteiger partial charge on any atom is -0.483 e. The van der Waals surface area contributed by atoms with Crippen molar-refractivity contribution in [1.82, 2.24) is 4.90 Å². The molecule has 4 nitrogen and oxygen atoms in total. The number of hydrogen-bond donors (Lipinski definition) is 0. The van der Waals surface area contributed by atoms with Crippen molar-refractivity contribution in [3.63, 3.8) is 0 Å². The van der Waals surface area contributed by atoms with Gasteiger partial charge in [-0.1, -0.05) is 0 Å². The summed E-state index contributed by atoms with van der Waals surface area (Å²) >= 11 is 0. The van der Waals surface area contributed by atoms with Crippen LogP contribution >= 0.6 is 0 Å². The Hall–Kier alpha value is -1.72. The van der Waals surface area contributed by atoms with Crippen molar-refractivity contribution in [2.75, 3.05) is 13.7 Å². The van der Waals surface area contributed by atoms with Gasteiger partial charge in [0.2, 0.25) is 5.76 Å². The van der Waals surface area contributed by atoms with E-state index in [0.717, 1.165) is 6.20 Å². The number of rotatable bonds is 4. The number of allylic oxidation sites excluding steroid dienone is 1. The fourth-order valence-electron chi connectivity index (χ4n) is 0.559. The van der Waals surface area contributed by atoms with Gasteiger partial charge in [0.1, 0.15) is 12.0 Å². The first-order valence-electron chi connectivity index (χ1n) is 3.42. The molecule has 0 radical (unpaired) electrons. The van der Waals surface area contributed by atoms with Crippen LogP contribution in [-0.4, -0.2) is 24.5 Å². The molecule has 0 rings (SSSR count). The van der Waals surface area contributed by atoms with Crippen LogP contribution < -0.4 is 0 Å². The molecule has 0 heterocycles. The fraction of sp³-hybridized carbons (Fsp3) is 0.375. The van der Waals surface area contributed by atoms with Crippen LogP contribution in [0.4, 0.5) is 0 Å². The Balaban J connectivity index is 4.28. The van der Waals surface area contributed by atoms with Gasteiger partial charge >= 0.3 is 0 Å². The molecule has 0 aromatic heterocycles. The molecule has 0 fully saturated rings. The minimum absolute atomic E-state index is 0.173. The van der Waals surface area contributed by atoms with Gasteiger partial charge in [-0.3, -0.25) is 0 Å². The summed E-state index contributed by atoms with van der Waals surface area (Å²) in [5.74, 6) is 1.75. The maximum absolute atomic E-state index is 9.87. The van der Waals surface area contributed by atoms with Crippen molar-refractivity contribution in [2.24, 2.45) is 0 Å². The molecule has 0 saturated heterocycles. The summed E-state index contributed by atoms with van der Waals surface area (Å²) in [5.41, 5.74) is 0. The van der Waals surface area contributed by atoms with Crippen LogP contribution in [0.25, 0.3) is 0 Å². The van der Waals surface area contributed by atoms with Crippen molar-refractivity contribution in [3.8, 4) is 6.07 Å². The number of hydrogen-bond acceptors (Lipinski definition) is 4. The zero-order chi connectivity index (χ0) is 9.40. The van der Waals surface area contributed by atoms with Gasteiger partial charge in [0, 0.05) is 7.05 Å². The first kappa shape index (κ1) is 10.3. The lowest BCUT2D eigenvalue weighted by Crippen LogP contribution is -2.03. The van der Waals surface area contributed by atoms with E-state index < -0.39 is 0 Å². The molecule has 0 aliphatic carbocycles. The van der Waals surface area contributed by atoms with E-state index in [1.54, 1.807) is 19.9 Å². The summed E-state index contributed by atoms with van der Waals surface area (Å²) in [4.78, 5) is 11.3. The van der Waals surface area contributed by atoms with E-state index in [1.165, 1.54) is 11.1 Å². The van der Waals surface area contributed by atoms with Crippen molar-refractivity contribution in [2.45, 2.75) is 6.92 Å². The van der Waals surface area contributed by atoms with E-state index in [2.05, 4.69) is 0 Å². The molecule has 0 bridgehead atoms. The molecule has 0 aliphatic heterocycles. The average molecular weight is 166 g/mol. The second-order valence-corrected chi connectivity index (χ2v) is 1.95. The van der Waals surface area contributed by atoms with Crippen LogP contribution in [0.5, 0.6) is 0 Å². The molecule has 4 heteroatoms. The third-order valence-electron chi connectivity index (χ3n) is 0.987. The Labute approximate surface area is 71.3 Å². The quantitative estimate of drug-likeness (QED) is 0.350. The lowest BCUT2D eigenvalue weighted by Gasteiger charge is -2.05. The molecule has 0 N–H and O–H groups in total. The van der Waals surface area contributed by atoms with Crippen LogP contribution in [0, 0.1) is 11.3 Å². The highest BCUT2D eigenvalue weighted by atomic mass is 16.5. The van der Waals surface area contributed by atoms with Gasteiger partial charge in [0.05, 0.1) is 19.0 Å². The molecular weight excluding hydrogens is 156 g/mol. The molecule has 0 aliphatic rings. The summed E-state index contributed by atoms with van der Waals surface area (Å²) < 4.78 is 4.92. The SMILES string of the molecule is CCOC(C#N)=CN(C)C=C=O. The van der Waals surface area contributed by atoms with E-state index in [-0.39, 0.29) is 5.76 Å². The van der Waals surface area contributed by atoms with Gasteiger partial charge in [-0.2, -0.15) is 5.26 Å². The minimum atomic E-state index is 0.173. The van der Waals surface area contributed by atoms with Crippen LogP contribution in [0.1, 0.15) is 6.92 Å². The number of ether oxygens (including phenoxy) is 1. The highest BCUT2D eigenvalue weighted by Gasteiger charge is 1.94. The Bertz CT molecular complexity index is 246. The Morgan fingerprint density at radius 2 is 2.42 bits per heavy atom. The Morgan fingerprint density at radius 1 is 1.75 bits per heavy atom. The monoisotopic (exact) mass is 166 g/mol. The highest BCUT2D eigenvalue weighted by molar-refractivity contribution is 5.44. The molecule has 0 aromatic rings. The van der Waals surface area contributed by atoms with Gasteiger partial charge in [-0.05, 0) is 6.92 Å². The number of nitriles is 1. The maximum atomic E-state index is 9.87. The zero-order valence-electron chi connectivity index (χ0n) is 7.07. The molecule has 64 valence electrons. The standard InChI is InChI=1S/C8H10N2O2/c1-3-12-8(6-9)7-10(2)4-5-11/h4,7H,3H2,1-2H3. The van der Waals surface area contributed by atoms with Crippen LogP contribution in [0.15, 0.2) is 18.2 Å². The summed E-state index contributed by atoms with van der Waals surface area (Å²) in [7, 11) is 1.61. The van der Waals surface area contributed by atoms with Crippen molar-refractivity contribution in [3.05, 3.63) is 18.2 Å². The third kappa shape index (κ3) is 4.15. The topological polar surface area (TPSA) is 53.3 Å². The summed E-state index contributed by atoms with van der Waals surface area (Å²) in [5, 5.41) is 8.49. The molecule has 0 spiro atoms. The van der Waals surface area contributed by atoms with E-state index in [4.69, 9.17) is 10.00 Å². The first-order valence-corrected chi connectivity index (χ1v) is 3.42. The number of nitrogens with zero attached hydrogens (tertiary/aromatic N) is 2. The van der Waals surface area contributed by atoms with Crippen molar-refractivity contribution >= 4 is 5.94 Å². The predicted octanol–water partition coefficient (Wildman–Crippen LogP) is 0.665. The summed E-state index contributed by atoms with van der Waals surface area (Å²) in [6.45, 7) is 2.21. The van der Waals surface area contributed by atoms with E-state index in [0.29, 0.717) is 6.61 Å². The molecule has 0 aromatic carbocycles. The van der Waals surface area contributed by atoms with Crippen LogP contribution in [0.2, 0.25) is 0 Å². The highest BCUT2D eigenvalue weighted by Crippen LogP contribution is 1.96. The maximum Gasteiger partial charge on any atom is 0.213 e. The second-order valence-electron chi connectivity index (χ2n) is 1.95. The van der Waals surface area contributed by atoms with E-state index in [1.807, 2.05) is 6.07 Å². The van der Waals surface area contributed by atoms with Gasteiger partial charge in [-0.15, -0.1) is 0 Å². The van der Waals surface area contributed by atoms with Crippen LogP contribution in [0.3, 0.4) is 0 Å². The molecule has 0 unspecified atom stereocenters. The van der Waals surface area contributed by atoms with E-state index >= 15 is 0 Å². The molecule has 12 heavy (non-hydrogen) atoms. The third-order valence-corrected chi connectivity index (χ3v) is 0.987. The van der Waals surface area contributed by atoms with Gasteiger partial charge in [0.15, 0.2) is 0 Å². The average Bonchev–Trinajstić information content (AvgIpc) is 2.04. The van der Waals surface area contributed by atoms with Gasteiger partial charge in [0.25, 0.3) is 0 Å². The Morgan fingerprint density at radius 3 is 2.83 bits per heavy atom. The van der Waals surface area contributed by atoms with Crippen LogP contribution in [-0.2, 0) is 9.53 Å². The predicted molar refractivity (Wildman–Crippen MR) is 43.3 cm³/mol. The molecule has 0 atom stereocenters. The second kappa shape index (κ2) is 6.02. The smallest absolute Gasteiger partial charge is 0.213 e. The lowest BCUT2D eigenvalue weighted by molar-refractivity contribution is 0.239. The molecule has 0 saturated carbocycles. The summed E-state index contributed by atoms with van der Waals surface area (Å²) in [6, 6.07) is 1.84.